The van der Waals surface area contributed by atoms with Crippen molar-refractivity contribution in [2.45, 2.75) is 43.8 Å². The highest BCUT2D eigenvalue weighted by atomic mass is 32.2. The van der Waals surface area contributed by atoms with E-state index in [0.29, 0.717) is 17.6 Å². The summed E-state index contributed by atoms with van der Waals surface area (Å²) in [6.45, 7) is 6.25. The van der Waals surface area contributed by atoms with Gasteiger partial charge in [0.2, 0.25) is 11.8 Å². The standard InChI is InChI=1S/C15H19N3O2S/c1-4-5-13(19)16-15-18-17-14(20-15)11-6-8-12(9-7-11)21-10(2)3/h6-10H,4-5H2,1-3H3,(H,16,18,19). The van der Waals surface area contributed by atoms with E-state index in [2.05, 4.69) is 29.4 Å². The zero-order valence-corrected chi connectivity index (χ0v) is 13.2. The van der Waals surface area contributed by atoms with E-state index >= 15 is 0 Å². The fourth-order valence-electron chi connectivity index (χ4n) is 1.75. The van der Waals surface area contributed by atoms with Crippen molar-refractivity contribution in [2.24, 2.45) is 0 Å². The van der Waals surface area contributed by atoms with Crippen molar-refractivity contribution in [1.82, 2.24) is 10.2 Å². The average Bonchev–Trinajstić information content (AvgIpc) is 2.87. The van der Waals surface area contributed by atoms with Gasteiger partial charge in [0.05, 0.1) is 0 Å². The molecule has 1 aromatic heterocycles. The van der Waals surface area contributed by atoms with Crippen molar-refractivity contribution in [3.05, 3.63) is 24.3 Å². The summed E-state index contributed by atoms with van der Waals surface area (Å²) < 4.78 is 5.45. The van der Waals surface area contributed by atoms with Crippen LogP contribution >= 0.6 is 11.8 Å². The van der Waals surface area contributed by atoms with E-state index in [1.165, 1.54) is 4.90 Å². The van der Waals surface area contributed by atoms with E-state index in [9.17, 15) is 4.79 Å². The molecule has 0 unspecified atom stereocenters. The van der Waals surface area contributed by atoms with E-state index in [-0.39, 0.29) is 11.9 Å². The second kappa shape index (κ2) is 7.26. The Morgan fingerprint density at radius 3 is 2.62 bits per heavy atom. The van der Waals surface area contributed by atoms with Crippen LogP contribution in [0.4, 0.5) is 6.01 Å². The molecule has 2 rings (SSSR count). The lowest BCUT2D eigenvalue weighted by molar-refractivity contribution is -0.116. The maximum absolute atomic E-state index is 11.5. The van der Waals surface area contributed by atoms with E-state index in [4.69, 9.17) is 4.42 Å². The zero-order chi connectivity index (χ0) is 15.2. The summed E-state index contributed by atoms with van der Waals surface area (Å²) in [4.78, 5) is 12.7. The highest BCUT2D eigenvalue weighted by molar-refractivity contribution is 7.99. The van der Waals surface area contributed by atoms with Crippen LogP contribution in [0.15, 0.2) is 33.6 Å². The first-order valence-corrected chi connectivity index (χ1v) is 7.87. The van der Waals surface area contributed by atoms with Crippen molar-refractivity contribution in [2.75, 3.05) is 5.32 Å². The molecule has 0 atom stereocenters. The predicted octanol–water partition coefficient (Wildman–Crippen LogP) is 3.98. The van der Waals surface area contributed by atoms with Gasteiger partial charge in [-0.2, -0.15) is 0 Å². The molecule has 112 valence electrons. The summed E-state index contributed by atoms with van der Waals surface area (Å²) in [6, 6.07) is 8.08. The second-order valence-corrected chi connectivity index (χ2v) is 6.55. The van der Waals surface area contributed by atoms with Crippen molar-refractivity contribution < 1.29 is 9.21 Å². The highest BCUT2D eigenvalue weighted by Crippen LogP contribution is 2.26. The molecular weight excluding hydrogens is 286 g/mol. The average molecular weight is 305 g/mol. The number of amides is 1. The first-order valence-electron chi connectivity index (χ1n) is 6.99. The van der Waals surface area contributed by atoms with E-state index in [1.54, 1.807) is 11.8 Å². The van der Waals surface area contributed by atoms with Crippen LogP contribution in [0, 0.1) is 0 Å². The van der Waals surface area contributed by atoms with Crippen LogP contribution in [-0.2, 0) is 4.79 Å². The Bertz CT molecular complexity index is 593. The molecule has 1 N–H and O–H groups in total. The Kier molecular flexibility index (Phi) is 5.38. The molecule has 0 bridgehead atoms. The molecule has 1 heterocycles. The Hall–Kier alpha value is -1.82. The number of anilines is 1. The van der Waals surface area contributed by atoms with Crippen molar-refractivity contribution >= 4 is 23.7 Å². The molecule has 5 nitrogen and oxygen atoms in total. The van der Waals surface area contributed by atoms with Crippen molar-refractivity contribution in [3.63, 3.8) is 0 Å². The van der Waals surface area contributed by atoms with E-state index in [0.717, 1.165) is 12.0 Å². The summed E-state index contributed by atoms with van der Waals surface area (Å²) in [5, 5.41) is 10.9. The van der Waals surface area contributed by atoms with Gasteiger partial charge in [-0.3, -0.25) is 10.1 Å². The molecule has 0 spiro atoms. The third-order valence-electron chi connectivity index (χ3n) is 2.62. The van der Waals surface area contributed by atoms with Gasteiger partial charge in [-0.1, -0.05) is 25.9 Å². The molecule has 6 heteroatoms. The normalized spacial score (nSPS) is 10.9. The third kappa shape index (κ3) is 4.60. The smallest absolute Gasteiger partial charge is 0.322 e. The highest BCUT2D eigenvalue weighted by Gasteiger charge is 2.11. The fraction of sp³-hybridized carbons (Fsp3) is 0.400. The number of hydrogen-bond donors (Lipinski definition) is 1. The summed E-state index contributed by atoms with van der Waals surface area (Å²) in [5.41, 5.74) is 0.839. The predicted molar refractivity (Wildman–Crippen MR) is 84.3 cm³/mol. The number of carbonyl (C=O) groups excluding carboxylic acids is 1. The number of hydrogen-bond acceptors (Lipinski definition) is 5. The van der Waals surface area contributed by atoms with Gasteiger partial charge in [-0.25, -0.2) is 0 Å². The molecule has 1 amide bonds. The fourth-order valence-corrected chi connectivity index (χ4v) is 2.59. The van der Waals surface area contributed by atoms with E-state index < -0.39 is 0 Å². The lowest BCUT2D eigenvalue weighted by Crippen LogP contribution is -2.10. The van der Waals surface area contributed by atoms with Crippen LogP contribution in [0.3, 0.4) is 0 Å². The van der Waals surface area contributed by atoms with Gasteiger partial charge in [-0.05, 0) is 30.7 Å². The van der Waals surface area contributed by atoms with Crippen molar-refractivity contribution in [3.8, 4) is 11.5 Å². The van der Waals surface area contributed by atoms with Crippen LogP contribution in [0.1, 0.15) is 33.6 Å². The van der Waals surface area contributed by atoms with Gasteiger partial charge in [0, 0.05) is 22.1 Å². The van der Waals surface area contributed by atoms with E-state index in [1.807, 2.05) is 31.2 Å². The van der Waals surface area contributed by atoms with Crippen LogP contribution < -0.4 is 5.32 Å². The Labute approximate surface area is 128 Å². The third-order valence-corrected chi connectivity index (χ3v) is 3.64. The minimum absolute atomic E-state index is 0.114. The minimum Gasteiger partial charge on any atom is -0.403 e. The summed E-state index contributed by atoms with van der Waals surface area (Å²) in [6.07, 6.45) is 1.22. The lowest BCUT2D eigenvalue weighted by Gasteiger charge is -2.04. The number of thioether (sulfide) groups is 1. The molecule has 0 aliphatic carbocycles. The van der Waals surface area contributed by atoms with Crippen LogP contribution in [0.2, 0.25) is 0 Å². The number of rotatable bonds is 6. The van der Waals surface area contributed by atoms with Gasteiger partial charge in [0.25, 0.3) is 0 Å². The quantitative estimate of drug-likeness (QED) is 0.818. The summed E-state index contributed by atoms with van der Waals surface area (Å²) >= 11 is 1.80. The number of nitrogens with zero attached hydrogens (tertiary/aromatic N) is 2. The molecule has 0 fully saturated rings. The van der Waals surface area contributed by atoms with Gasteiger partial charge in [0.1, 0.15) is 0 Å². The second-order valence-electron chi connectivity index (χ2n) is 4.90. The number of carbonyl (C=O) groups is 1. The SMILES string of the molecule is CCCC(=O)Nc1nnc(-c2ccc(SC(C)C)cc2)o1. The minimum atomic E-state index is -0.114. The summed E-state index contributed by atoms with van der Waals surface area (Å²) in [5.74, 6) is 0.291. The molecular formula is C15H19N3O2S. The van der Waals surface area contributed by atoms with Crippen molar-refractivity contribution in [1.29, 1.82) is 0 Å². The Balaban J connectivity index is 2.05. The molecule has 1 aromatic carbocycles. The molecule has 0 saturated carbocycles. The van der Waals surface area contributed by atoms with Crippen LogP contribution in [0.5, 0.6) is 0 Å². The van der Waals surface area contributed by atoms with Gasteiger partial charge in [-0.15, -0.1) is 16.9 Å². The van der Waals surface area contributed by atoms with Crippen LogP contribution in [0.25, 0.3) is 11.5 Å². The molecule has 21 heavy (non-hydrogen) atoms. The first kappa shape index (κ1) is 15.6. The van der Waals surface area contributed by atoms with Gasteiger partial charge in [0.15, 0.2) is 0 Å². The van der Waals surface area contributed by atoms with Gasteiger partial charge >= 0.3 is 6.01 Å². The maximum Gasteiger partial charge on any atom is 0.322 e. The Morgan fingerprint density at radius 2 is 2.00 bits per heavy atom. The number of nitrogens with one attached hydrogen (secondary N) is 1. The molecule has 0 saturated heterocycles. The topological polar surface area (TPSA) is 68.0 Å². The molecule has 0 aliphatic rings. The largest absolute Gasteiger partial charge is 0.403 e. The number of benzene rings is 1. The zero-order valence-electron chi connectivity index (χ0n) is 12.4. The first-order chi connectivity index (χ1) is 10.1. The van der Waals surface area contributed by atoms with Crippen LogP contribution in [-0.4, -0.2) is 21.4 Å². The Morgan fingerprint density at radius 1 is 1.29 bits per heavy atom. The lowest BCUT2D eigenvalue weighted by atomic mass is 10.2. The molecule has 0 radical (unpaired) electrons. The molecule has 2 aromatic rings. The monoisotopic (exact) mass is 305 g/mol. The maximum atomic E-state index is 11.5. The number of aromatic nitrogens is 2. The van der Waals surface area contributed by atoms with Gasteiger partial charge < -0.3 is 4.42 Å². The summed E-state index contributed by atoms with van der Waals surface area (Å²) in [7, 11) is 0. The molecule has 0 aliphatic heterocycles.